The summed E-state index contributed by atoms with van der Waals surface area (Å²) in [5.41, 5.74) is 5.94. The maximum atomic E-state index is 13.7. The van der Waals surface area contributed by atoms with E-state index in [0.717, 1.165) is 12.1 Å². The molecule has 0 aliphatic rings. The van der Waals surface area contributed by atoms with Crippen molar-refractivity contribution in [2.24, 2.45) is 5.73 Å². The highest BCUT2D eigenvalue weighted by atomic mass is 79.9. The van der Waals surface area contributed by atoms with E-state index in [1.807, 2.05) is 0 Å². The largest absolute Gasteiger partial charge is 0.324 e. The Morgan fingerprint density at radius 3 is 2.05 bits per heavy atom. The van der Waals surface area contributed by atoms with Gasteiger partial charge < -0.3 is 5.73 Å². The van der Waals surface area contributed by atoms with Crippen LogP contribution >= 0.6 is 15.9 Å². The number of hydrogen-bond donors (Lipinski definition) is 1. The zero-order valence-electron chi connectivity index (χ0n) is 9.84. The summed E-state index contributed by atoms with van der Waals surface area (Å²) in [4.78, 5) is 0. The van der Waals surface area contributed by atoms with Gasteiger partial charge in [0.05, 0.1) is 0 Å². The number of benzene rings is 2. The molecule has 0 spiro atoms. The first-order valence-electron chi connectivity index (χ1n) is 5.63. The van der Waals surface area contributed by atoms with Crippen molar-refractivity contribution in [1.82, 2.24) is 0 Å². The topological polar surface area (TPSA) is 26.0 Å². The van der Waals surface area contributed by atoms with Crippen LogP contribution in [0.25, 0.3) is 0 Å². The SMILES string of the molecule is NC(Cc1c(F)cccc1F)c1c(F)cccc1Br. The third kappa shape index (κ3) is 2.98. The molecule has 5 heteroatoms. The average Bonchev–Trinajstić information content (AvgIpc) is 2.34. The Labute approximate surface area is 117 Å². The van der Waals surface area contributed by atoms with Gasteiger partial charge in [-0.2, -0.15) is 0 Å². The number of halogens is 4. The van der Waals surface area contributed by atoms with Gasteiger partial charge in [0.15, 0.2) is 0 Å². The van der Waals surface area contributed by atoms with Crippen LogP contribution < -0.4 is 5.73 Å². The second kappa shape index (κ2) is 5.75. The van der Waals surface area contributed by atoms with Crippen molar-refractivity contribution in [2.75, 3.05) is 0 Å². The van der Waals surface area contributed by atoms with Gasteiger partial charge in [0, 0.05) is 21.6 Å². The van der Waals surface area contributed by atoms with Crippen molar-refractivity contribution in [2.45, 2.75) is 12.5 Å². The van der Waals surface area contributed by atoms with Crippen molar-refractivity contribution >= 4 is 15.9 Å². The molecule has 0 amide bonds. The summed E-state index contributed by atoms with van der Waals surface area (Å²) < 4.78 is 41.2. The van der Waals surface area contributed by atoms with Gasteiger partial charge in [0.25, 0.3) is 0 Å². The molecule has 0 radical (unpaired) electrons. The molecule has 19 heavy (non-hydrogen) atoms. The highest BCUT2D eigenvalue weighted by Gasteiger charge is 2.19. The van der Waals surface area contributed by atoms with Crippen LogP contribution in [0.1, 0.15) is 17.2 Å². The van der Waals surface area contributed by atoms with E-state index in [0.29, 0.717) is 4.47 Å². The quantitative estimate of drug-likeness (QED) is 0.901. The van der Waals surface area contributed by atoms with E-state index in [2.05, 4.69) is 15.9 Å². The Bertz CT molecular complexity index is 561. The molecule has 2 aromatic carbocycles. The van der Waals surface area contributed by atoms with Crippen molar-refractivity contribution in [3.8, 4) is 0 Å². The van der Waals surface area contributed by atoms with E-state index < -0.39 is 23.5 Å². The van der Waals surface area contributed by atoms with Gasteiger partial charge in [0.2, 0.25) is 0 Å². The zero-order chi connectivity index (χ0) is 14.0. The van der Waals surface area contributed by atoms with Gasteiger partial charge in [-0.3, -0.25) is 0 Å². The summed E-state index contributed by atoms with van der Waals surface area (Å²) in [5, 5.41) is 0. The number of hydrogen-bond acceptors (Lipinski definition) is 1. The van der Waals surface area contributed by atoms with Crippen LogP contribution in [0.4, 0.5) is 13.2 Å². The zero-order valence-corrected chi connectivity index (χ0v) is 11.4. The fourth-order valence-corrected chi connectivity index (χ4v) is 2.55. The van der Waals surface area contributed by atoms with E-state index in [1.165, 1.54) is 18.2 Å². The Kier molecular flexibility index (Phi) is 4.27. The van der Waals surface area contributed by atoms with Crippen LogP contribution in [0.15, 0.2) is 40.9 Å². The smallest absolute Gasteiger partial charge is 0.129 e. The van der Waals surface area contributed by atoms with Gasteiger partial charge in [-0.1, -0.05) is 28.1 Å². The highest BCUT2D eigenvalue weighted by molar-refractivity contribution is 9.10. The maximum Gasteiger partial charge on any atom is 0.129 e. The Hall–Kier alpha value is -1.33. The summed E-state index contributed by atoms with van der Waals surface area (Å²) in [5.74, 6) is -1.86. The van der Waals surface area contributed by atoms with Gasteiger partial charge in [-0.05, 0) is 30.7 Å². The second-order valence-corrected chi connectivity index (χ2v) is 5.00. The first-order valence-corrected chi connectivity index (χ1v) is 6.42. The van der Waals surface area contributed by atoms with Crippen LogP contribution in [0.2, 0.25) is 0 Å². The number of nitrogens with two attached hydrogens (primary N) is 1. The molecule has 1 unspecified atom stereocenters. The lowest BCUT2D eigenvalue weighted by Gasteiger charge is -2.15. The lowest BCUT2D eigenvalue weighted by Crippen LogP contribution is -2.17. The normalized spacial score (nSPS) is 12.5. The van der Waals surface area contributed by atoms with Crippen molar-refractivity contribution in [1.29, 1.82) is 0 Å². The fourth-order valence-electron chi connectivity index (χ4n) is 1.91. The minimum atomic E-state index is -0.832. The van der Waals surface area contributed by atoms with Crippen LogP contribution in [0, 0.1) is 17.5 Å². The monoisotopic (exact) mass is 329 g/mol. The van der Waals surface area contributed by atoms with Gasteiger partial charge in [0.1, 0.15) is 17.5 Å². The molecule has 0 aliphatic carbocycles. The predicted octanol–water partition coefficient (Wildman–Crippen LogP) is 4.11. The van der Waals surface area contributed by atoms with Crippen LogP contribution in [0.3, 0.4) is 0 Å². The maximum absolute atomic E-state index is 13.7. The first kappa shape index (κ1) is 14.1. The second-order valence-electron chi connectivity index (χ2n) is 4.15. The third-order valence-electron chi connectivity index (χ3n) is 2.86. The lowest BCUT2D eigenvalue weighted by molar-refractivity contribution is 0.527. The van der Waals surface area contributed by atoms with Crippen molar-refractivity contribution < 1.29 is 13.2 Å². The molecule has 0 saturated carbocycles. The first-order chi connectivity index (χ1) is 9.00. The van der Waals surface area contributed by atoms with E-state index in [-0.39, 0.29) is 17.5 Å². The molecule has 1 atom stereocenters. The molecular formula is C14H11BrF3N. The summed E-state index contributed by atoms with van der Waals surface area (Å²) in [6.07, 6.45) is -0.113. The molecular weight excluding hydrogens is 319 g/mol. The summed E-state index contributed by atoms with van der Waals surface area (Å²) in [6, 6.07) is 7.18. The Morgan fingerprint density at radius 2 is 1.47 bits per heavy atom. The summed E-state index contributed by atoms with van der Waals surface area (Å²) in [6.45, 7) is 0. The molecule has 0 saturated heterocycles. The highest BCUT2D eigenvalue weighted by Crippen LogP contribution is 2.28. The molecule has 0 heterocycles. The summed E-state index contributed by atoms with van der Waals surface area (Å²) >= 11 is 3.19. The van der Waals surface area contributed by atoms with E-state index in [1.54, 1.807) is 6.07 Å². The molecule has 2 aromatic rings. The Balaban J connectivity index is 2.34. The lowest BCUT2D eigenvalue weighted by atomic mass is 9.98. The average molecular weight is 330 g/mol. The molecule has 2 N–H and O–H groups in total. The molecule has 0 aromatic heterocycles. The predicted molar refractivity (Wildman–Crippen MR) is 71.1 cm³/mol. The van der Waals surface area contributed by atoms with Crippen molar-refractivity contribution in [3.05, 3.63) is 69.4 Å². The van der Waals surface area contributed by atoms with Crippen LogP contribution in [-0.2, 0) is 6.42 Å². The number of rotatable bonds is 3. The molecule has 0 fully saturated rings. The van der Waals surface area contributed by atoms with E-state index in [4.69, 9.17) is 5.73 Å². The minimum absolute atomic E-state index is 0.113. The standard InChI is InChI=1S/C14H11BrF3N/c15-9-3-1-6-12(18)14(9)13(19)7-8-10(16)4-2-5-11(8)17/h1-6,13H,7,19H2. The van der Waals surface area contributed by atoms with Gasteiger partial charge in [-0.15, -0.1) is 0 Å². The van der Waals surface area contributed by atoms with Gasteiger partial charge >= 0.3 is 0 Å². The molecule has 0 bridgehead atoms. The molecule has 1 nitrogen and oxygen atoms in total. The van der Waals surface area contributed by atoms with E-state index >= 15 is 0 Å². The Morgan fingerprint density at radius 1 is 0.947 bits per heavy atom. The molecule has 0 aliphatic heterocycles. The molecule has 100 valence electrons. The van der Waals surface area contributed by atoms with Crippen LogP contribution in [0.5, 0.6) is 0 Å². The molecule has 2 rings (SSSR count). The minimum Gasteiger partial charge on any atom is -0.324 e. The fraction of sp³-hybridized carbons (Fsp3) is 0.143. The van der Waals surface area contributed by atoms with Crippen molar-refractivity contribution in [3.63, 3.8) is 0 Å². The van der Waals surface area contributed by atoms with E-state index in [9.17, 15) is 13.2 Å². The summed E-state index contributed by atoms with van der Waals surface area (Å²) in [7, 11) is 0. The van der Waals surface area contributed by atoms with Gasteiger partial charge in [-0.25, -0.2) is 13.2 Å². The third-order valence-corrected chi connectivity index (χ3v) is 3.55. The van der Waals surface area contributed by atoms with Crippen LogP contribution in [-0.4, -0.2) is 0 Å².